The zero-order chi connectivity index (χ0) is 9.23. The summed E-state index contributed by atoms with van der Waals surface area (Å²) in [6.45, 7) is 8.86. The van der Waals surface area contributed by atoms with Crippen molar-refractivity contribution in [3.05, 3.63) is 12.2 Å². The predicted octanol–water partition coefficient (Wildman–Crippen LogP) is 0.551. The average Bonchev–Trinajstić information content (AvgIpc) is 2.02. The Labute approximate surface area is 74.4 Å². The molecule has 0 aliphatic rings. The monoisotopic (exact) mass is 173 g/mol. The third-order valence-electron chi connectivity index (χ3n) is 1.30. The van der Waals surface area contributed by atoms with E-state index in [-0.39, 0.29) is 6.61 Å². The van der Waals surface area contributed by atoms with Gasteiger partial charge in [-0.2, -0.15) is 0 Å². The van der Waals surface area contributed by atoms with Crippen LogP contribution < -0.4 is 5.32 Å². The smallest absolute Gasteiger partial charge is 0.0697 e. The van der Waals surface area contributed by atoms with E-state index in [9.17, 15) is 0 Å². The Bertz CT molecular complexity index is 115. The summed E-state index contributed by atoms with van der Waals surface area (Å²) >= 11 is 0. The lowest BCUT2D eigenvalue weighted by Gasteiger charge is -2.04. The van der Waals surface area contributed by atoms with Crippen LogP contribution >= 0.6 is 0 Å². The fourth-order valence-electron chi connectivity index (χ4n) is 0.768. The van der Waals surface area contributed by atoms with Crippen molar-refractivity contribution in [1.82, 2.24) is 5.32 Å². The van der Waals surface area contributed by atoms with E-state index in [0.717, 1.165) is 25.1 Å². The van der Waals surface area contributed by atoms with Crippen molar-refractivity contribution in [2.24, 2.45) is 0 Å². The van der Waals surface area contributed by atoms with Gasteiger partial charge >= 0.3 is 0 Å². The molecule has 0 saturated carbocycles. The molecule has 0 heterocycles. The third-order valence-corrected chi connectivity index (χ3v) is 1.30. The standard InChI is InChI=1S/C9H19NO2/c1-9(2)8-10-4-3-6-12-7-5-11/h10-11H,1,3-8H2,2H3. The molecule has 0 rings (SSSR count). The molecule has 0 bridgehead atoms. The van der Waals surface area contributed by atoms with Crippen LogP contribution in [0, 0.1) is 0 Å². The SMILES string of the molecule is C=C(C)CNCCCOCCO. The molecule has 0 unspecified atom stereocenters. The number of nitrogens with one attached hydrogen (secondary N) is 1. The van der Waals surface area contributed by atoms with E-state index in [1.165, 1.54) is 0 Å². The fraction of sp³-hybridized carbons (Fsp3) is 0.778. The van der Waals surface area contributed by atoms with Gasteiger partial charge in [-0.25, -0.2) is 0 Å². The first-order valence-electron chi connectivity index (χ1n) is 4.31. The highest BCUT2D eigenvalue weighted by atomic mass is 16.5. The average molecular weight is 173 g/mol. The molecule has 0 radical (unpaired) electrons. The number of aliphatic hydroxyl groups is 1. The molecule has 12 heavy (non-hydrogen) atoms. The topological polar surface area (TPSA) is 41.5 Å². The summed E-state index contributed by atoms with van der Waals surface area (Å²) in [4.78, 5) is 0. The van der Waals surface area contributed by atoms with Crippen LogP contribution in [-0.4, -0.2) is 38.0 Å². The van der Waals surface area contributed by atoms with Gasteiger partial charge in [0.1, 0.15) is 0 Å². The number of aliphatic hydroxyl groups excluding tert-OH is 1. The van der Waals surface area contributed by atoms with Gasteiger partial charge in [-0.15, -0.1) is 0 Å². The van der Waals surface area contributed by atoms with Crippen molar-refractivity contribution in [2.75, 3.05) is 32.9 Å². The molecule has 0 aromatic carbocycles. The Hall–Kier alpha value is -0.380. The second-order valence-corrected chi connectivity index (χ2v) is 2.82. The molecule has 0 aliphatic heterocycles. The minimum absolute atomic E-state index is 0.110. The van der Waals surface area contributed by atoms with Gasteiger partial charge in [-0.3, -0.25) is 0 Å². The maximum Gasteiger partial charge on any atom is 0.0697 e. The lowest BCUT2D eigenvalue weighted by Crippen LogP contribution is -2.18. The van der Waals surface area contributed by atoms with E-state index in [4.69, 9.17) is 9.84 Å². The minimum atomic E-state index is 0.110. The first-order chi connectivity index (χ1) is 5.77. The summed E-state index contributed by atoms with van der Waals surface area (Å²) in [6.07, 6.45) is 0.979. The summed E-state index contributed by atoms with van der Waals surface area (Å²) in [5.74, 6) is 0. The molecule has 0 fully saturated rings. The summed E-state index contributed by atoms with van der Waals surface area (Å²) in [5, 5.41) is 11.6. The van der Waals surface area contributed by atoms with E-state index < -0.39 is 0 Å². The van der Waals surface area contributed by atoms with Crippen molar-refractivity contribution in [3.63, 3.8) is 0 Å². The van der Waals surface area contributed by atoms with Crippen LogP contribution in [0.15, 0.2) is 12.2 Å². The van der Waals surface area contributed by atoms with Crippen molar-refractivity contribution in [2.45, 2.75) is 13.3 Å². The van der Waals surface area contributed by atoms with Crippen LogP contribution in [0.1, 0.15) is 13.3 Å². The Morgan fingerprint density at radius 2 is 2.25 bits per heavy atom. The molecule has 0 aliphatic carbocycles. The minimum Gasteiger partial charge on any atom is -0.394 e. The third kappa shape index (κ3) is 9.62. The Kier molecular flexibility index (Phi) is 8.44. The van der Waals surface area contributed by atoms with Gasteiger partial charge < -0.3 is 15.2 Å². The Balaban J connectivity index is 2.86. The molecule has 3 heteroatoms. The number of hydrogen-bond acceptors (Lipinski definition) is 3. The molecule has 72 valence electrons. The van der Waals surface area contributed by atoms with E-state index >= 15 is 0 Å². The maximum absolute atomic E-state index is 8.39. The molecule has 3 nitrogen and oxygen atoms in total. The van der Waals surface area contributed by atoms with E-state index in [2.05, 4.69) is 11.9 Å². The highest BCUT2D eigenvalue weighted by Crippen LogP contribution is 1.83. The van der Waals surface area contributed by atoms with Gasteiger partial charge in [-0.1, -0.05) is 12.2 Å². The van der Waals surface area contributed by atoms with Gasteiger partial charge in [0.25, 0.3) is 0 Å². The van der Waals surface area contributed by atoms with Crippen molar-refractivity contribution in [1.29, 1.82) is 0 Å². The molecular formula is C9H19NO2. The van der Waals surface area contributed by atoms with Crippen LogP contribution in [-0.2, 0) is 4.74 Å². The normalized spacial score (nSPS) is 10.2. The number of ether oxygens (including phenoxy) is 1. The fourth-order valence-corrected chi connectivity index (χ4v) is 0.768. The Morgan fingerprint density at radius 3 is 2.83 bits per heavy atom. The summed E-state index contributed by atoms with van der Waals surface area (Å²) in [6, 6.07) is 0. The second kappa shape index (κ2) is 8.71. The van der Waals surface area contributed by atoms with Crippen LogP contribution in [0.4, 0.5) is 0 Å². The molecular weight excluding hydrogens is 154 g/mol. The predicted molar refractivity (Wildman–Crippen MR) is 50.2 cm³/mol. The van der Waals surface area contributed by atoms with Crippen LogP contribution in [0.2, 0.25) is 0 Å². The summed E-state index contributed by atoms with van der Waals surface area (Å²) in [7, 11) is 0. The molecule has 0 aromatic heterocycles. The van der Waals surface area contributed by atoms with Gasteiger partial charge in [0.05, 0.1) is 13.2 Å². The number of rotatable bonds is 8. The van der Waals surface area contributed by atoms with Crippen molar-refractivity contribution >= 4 is 0 Å². The summed E-state index contributed by atoms with van der Waals surface area (Å²) in [5.41, 5.74) is 1.14. The van der Waals surface area contributed by atoms with E-state index in [0.29, 0.717) is 13.2 Å². The highest BCUT2D eigenvalue weighted by molar-refractivity contribution is 4.90. The lowest BCUT2D eigenvalue weighted by molar-refractivity contribution is 0.0908. The van der Waals surface area contributed by atoms with Gasteiger partial charge in [0.2, 0.25) is 0 Å². The lowest BCUT2D eigenvalue weighted by atomic mass is 10.3. The maximum atomic E-state index is 8.39. The van der Waals surface area contributed by atoms with Gasteiger partial charge in [0.15, 0.2) is 0 Å². The first-order valence-corrected chi connectivity index (χ1v) is 4.31. The van der Waals surface area contributed by atoms with E-state index in [1.807, 2.05) is 6.92 Å². The largest absolute Gasteiger partial charge is 0.394 e. The van der Waals surface area contributed by atoms with Crippen LogP contribution in [0.5, 0.6) is 0 Å². The molecule has 0 atom stereocenters. The zero-order valence-corrected chi connectivity index (χ0v) is 7.81. The van der Waals surface area contributed by atoms with Crippen molar-refractivity contribution in [3.8, 4) is 0 Å². The Morgan fingerprint density at radius 1 is 1.50 bits per heavy atom. The first kappa shape index (κ1) is 11.6. The molecule has 0 amide bonds. The highest BCUT2D eigenvalue weighted by Gasteiger charge is 1.88. The van der Waals surface area contributed by atoms with Gasteiger partial charge in [0, 0.05) is 13.2 Å². The zero-order valence-electron chi connectivity index (χ0n) is 7.81. The molecule has 0 spiro atoms. The van der Waals surface area contributed by atoms with Crippen LogP contribution in [0.3, 0.4) is 0 Å². The summed E-state index contributed by atoms with van der Waals surface area (Å²) < 4.78 is 5.08. The second-order valence-electron chi connectivity index (χ2n) is 2.82. The van der Waals surface area contributed by atoms with Gasteiger partial charge in [-0.05, 0) is 19.9 Å². The number of hydrogen-bond donors (Lipinski definition) is 2. The molecule has 0 aromatic rings. The quantitative estimate of drug-likeness (QED) is 0.416. The molecule has 0 saturated heterocycles. The van der Waals surface area contributed by atoms with E-state index in [1.54, 1.807) is 0 Å². The van der Waals surface area contributed by atoms with Crippen molar-refractivity contribution < 1.29 is 9.84 Å². The molecule has 2 N–H and O–H groups in total. The van der Waals surface area contributed by atoms with Crippen LogP contribution in [0.25, 0.3) is 0 Å².